The zero-order valence-corrected chi connectivity index (χ0v) is 38.1. The van der Waals surface area contributed by atoms with Crippen molar-refractivity contribution in [2.45, 2.75) is 216 Å². The second-order valence-corrected chi connectivity index (χ2v) is 21.1. The highest BCUT2D eigenvalue weighted by molar-refractivity contribution is 5.93. The molecule has 18 nitrogen and oxygen atoms in total. The number of hydrogen-bond acceptors (Lipinski definition) is 18. The van der Waals surface area contributed by atoms with Crippen LogP contribution in [0.25, 0.3) is 0 Å². The van der Waals surface area contributed by atoms with E-state index >= 15 is 0 Å². The first kappa shape index (κ1) is 48.1. The molecule has 0 aromatic carbocycles. The first-order chi connectivity index (χ1) is 30.7. The second-order valence-electron chi connectivity index (χ2n) is 21.1. The fourth-order valence-electron chi connectivity index (χ4n) is 13.7. The summed E-state index contributed by atoms with van der Waals surface area (Å²) in [5.74, 6) is 0.364. The molecule has 25 atom stereocenters. The number of aliphatic hydroxyl groups excluding tert-OH is 6. The van der Waals surface area contributed by atoms with Crippen molar-refractivity contribution < 1.29 is 88.0 Å². The van der Waals surface area contributed by atoms with E-state index < -0.39 is 110 Å². The van der Waals surface area contributed by atoms with Crippen LogP contribution in [0.1, 0.15) is 99.3 Å². The molecule has 7 N–H and O–H groups in total. The minimum absolute atomic E-state index is 0.0227. The van der Waals surface area contributed by atoms with Crippen molar-refractivity contribution >= 4 is 11.8 Å². The molecule has 0 bridgehead atoms. The molecule has 7 fully saturated rings. The number of ketones is 1. The third-order valence-electron chi connectivity index (χ3n) is 17.6. The van der Waals surface area contributed by atoms with Crippen LogP contribution in [-0.2, 0) is 52.2 Å². The van der Waals surface area contributed by atoms with Gasteiger partial charge in [-0.3, -0.25) is 4.79 Å². The smallest absolute Gasteiger partial charge is 0.331 e. The molecule has 366 valence electrons. The Morgan fingerprint density at radius 2 is 1.20 bits per heavy atom. The van der Waals surface area contributed by atoms with E-state index in [0.717, 1.165) is 50.5 Å². The van der Waals surface area contributed by atoms with E-state index in [1.807, 2.05) is 0 Å². The lowest BCUT2D eigenvalue weighted by molar-refractivity contribution is -0.380. The summed E-state index contributed by atoms with van der Waals surface area (Å²) in [6.45, 7) is 11.1. The maximum atomic E-state index is 12.6. The number of cyclic esters (lactones) is 1. The van der Waals surface area contributed by atoms with Gasteiger partial charge in [0.05, 0.1) is 30.0 Å². The zero-order valence-electron chi connectivity index (χ0n) is 38.1. The van der Waals surface area contributed by atoms with Crippen molar-refractivity contribution in [1.29, 1.82) is 0 Å². The number of rotatable bonds is 9. The van der Waals surface area contributed by atoms with Crippen LogP contribution in [0, 0.1) is 34.5 Å². The Kier molecular flexibility index (Phi) is 13.4. The van der Waals surface area contributed by atoms with Gasteiger partial charge in [0.15, 0.2) is 30.9 Å². The van der Waals surface area contributed by atoms with Crippen LogP contribution in [0.2, 0.25) is 0 Å². The normalized spacial score (nSPS) is 54.6. The van der Waals surface area contributed by atoms with Gasteiger partial charge in [0, 0.05) is 11.5 Å². The molecule has 0 radical (unpaired) electrons. The van der Waals surface area contributed by atoms with Crippen LogP contribution in [0.4, 0.5) is 0 Å². The van der Waals surface area contributed by atoms with E-state index in [9.17, 15) is 45.3 Å². The number of fused-ring (bicyclic) bond motifs is 5. The van der Waals surface area contributed by atoms with Crippen molar-refractivity contribution in [3.05, 3.63) is 23.8 Å². The number of carbonyl (C=O) groups excluding carboxylic acids is 2. The average molecular weight is 923 g/mol. The van der Waals surface area contributed by atoms with E-state index in [-0.39, 0.29) is 40.5 Å². The fourth-order valence-corrected chi connectivity index (χ4v) is 13.7. The van der Waals surface area contributed by atoms with Gasteiger partial charge in [-0.25, -0.2) is 4.79 Å². The number of carbonyl (C=O) groups is 2. The van der Waals surface area contributed by atoms with Crippen molar-refractivity contribution in [3.8, 4) is 0 Å². The topological polar surface area (TPSA) is 259 Å². The Hall–Kier alpha value is -1.98. The maximum absolute atomic E-state index is 12.6. The molecular formula is C47H70O18. The third-order valence-corrected chi connectivity index (χ3v) is 17.6. The summed E-state index contributed by atoms with van der Waals surface area (Å²) in [6, 6.07) is 0. The molecule has 9 aliphatic rings. The van der Waals surface area contributed by atoms with Crippen molar-refractivity contribution in [2.75, 3.05) is 6.61 Å². The Morgan fingerprint density at radius 3 is 1.75 bits per heavy atom. The summed E-state index contributed by atoms with van der Waals surface area (Å²) in [5, 5.41) is 80.8. The number of ether oxygens (including phenoxy) is 9. The summed E-state index contributed by atoms with van der Waals surface area (Å²) in [4.78, 5) is 23.9. The zero-order chi connectivity index (χ0) is 46.5. The first-order valence-corrected chi connectivity index (χ1v) is 23.9. The van der Waals surface area contributed by atoms with Gasteiger partial charge < -0.3 is 78.4 Å². The largest absolute Gasteiger partial charge is 0.458 e. The van der Waals surface area contributed by atoms with Gasteiger partial charge in [-0.15, -0.1) is 0 Å². The molecule has 0 aromatic rings. The SMILES string of the molecule is CC1O[C@@H](O[C@@H]2[C@H](O)C(O[C@@H]3[C@H](O)C(O[C@@H]4[C@H](O)C(O[C@H]5CCC6(C)C7CCC8(C)[C@@H](C9=CC(=O)OC9)CC[C@]8(O)C7CC[C@@H]6C5)OC(C)[C@@H]4O)OC(C)[C@@H]3O)OC(C)[C@@H]2O)C=CC1=O. The number of aliphatic hydroxyl groups is 7. The van der Waals surface area contributed by atoms with Crippen LogP contribution >= 0.6 is 0 Å². The van der Waals surface area contributed by atoms with Crippen LogP contribution in [-0.4, -0.2) is 170 Å². The number of hydrogen-bond donors (Lipinski definition) is 7. The highest BCUT2D eigenvalue weighted by Gasteiger charge is 2.68. The minimum Gasteiger partial charge on any atom is -0.458 e. The molecule has 0 spiro atoms. The highest BCUT2D eigenvalue weighted by atomic mass is 16.8. The van der Waals surface area contributed by atoms with Crippen LogP contribution in [0.5, 0.6) is 0 Å². The fraction of sp³-hybridized carbons (Fsp3) is 0.872. The van der Waals surface area contributed by atoms with Crippen LogP contribution < -0.4 is 0 Å². The molecule has 4 saturated carbocycles. The third kappa shape index (κ3) is 8.30. The predicted octanol–water partition coefficient (Wildman–Crippen LogP) is 1.05. The highest BCUT2D eigenvalue weighted by Crippen LogP contribution is 2.70. The molecule has 5 heterocycles. The van der Waals surface area contributed by atoms with E-state index in [2.05, 4.69) is 13.8 Å². The lowest BCUT2D eigenvalue weighted by atomic mass is 9.43. The van der Waals surface area contributed by atoms with Gasteiger partial charge in [-0.1, -0.05) is 13.8 Å². The average Bonchev–Trinajstić information content (AvgIpc) is 3.82. The molecular weight excluding hydrogens is 852 g/mol. The van der Waals surface area contributed by atoms with Gasteiger partial charge in [0.2, 0.25) is 0 Å². The Labute approximate surface area is 379 Å². The molecule has 4 aliphatic carbocycles. The molecule has 0 aromatic heterocycles. The standard InChI is InChI=1S/C47H70O18/c1-20-30(48)9-10-32(58-20)63-39-33(50)21(2)60-43(36(39)53)65-41-35(52)23(4)61-44(38(41)55)64-40-34(51)22(3)59-42(37(40)54)62-26-11-14-45(5)25(18-26)7-8-29-28(45)12-15-46(6)27(13-16-47(29,46)56)24-17-31(49)57-19-24/h9-10,17,20-23,25-29,32-44,50-56H,7-8,11-16,18-19H2,1-6H3/t20?,21?,22?,23?,25-,26+,27-,28?,29?,32+,33+,34+,35+,36+,37+,38+,39+,40+,41+,42?,43?,44?,45?,46?,47+/m1/s1. The lowest BCUT2D eigenvalue weighted by Crippen LogP contribution is -2.66. The van der Waals surface area contributed by atoms with E-state index in [4.69, 9.17) is 42.6 Å². The van der Waals surface area contributed by atoms with Gasteiger partial charge in [-0.05, 0) is 132 Å². The van der Waals surface area contributed by atoms with Gasteiger partial charge in [-0.2, -0.15) is 0 Å². The minimum atomic E-state index is -1.73. The number of esters is 1. The summed E-state index contributed by atoms with van der Waals surface area (Å²) >= 11 is 0. The van der Waals surface area contributed by atoms with Crippen molar-refractivity contribution in [3.63, 3.8) is 0 Å². The monoisotopic (exact) mass is 922 g/mol. The summed E-state index contributed by atoms with van der Waals surface area (Å²) < 4.78 is 53.2. The molecule has 65 heavy (non-hydrogen) atoms. The molecule has 3 saturated heterocycles. The summed E-state index contributed by atoms with van der Waals surface area (Å²) in [5.41, 5.74) is -0.153. The Balaban J connectivity index is 0.831. The van der Waals surface area contributed by atoms with Crippen molar-refractivity contribution in [2.24, 2.45) is 34.5 Å². The molecule has 0 amide bonds. The van der Waals surface area contributed by atoms with E-state index in [0.29, 0.717) is 31.3 Å². The lowest BCUT2D eigenvalue weighted by Gasteiger charge is -2.64. The van der Waals surface area contributed by atoms with Crippen LogP contribution in [0.3, 0.4) is 0 Å². The molecule has 11 unspecified atom stereocenters. The maximum Gasteiger partial charge on any atom is 0.331 e. The van der Waals surface area contributed by atoms with Gasteiger partial charge >= 0.3 is 5.97 Å². The predicted molar refractivity (Wildman–Crippen MR) is 223 cm³/mol. The van der Waals surface area contributed by atoms with Gasteiger partial charge in [0.25, 0.3) is 0 Å². The van der Waals surface area contributed by atoms with Crippen LogP contribution in [0.15, 0.2) is 23.8 Å². The molecule has 9 rings (SSSR count). The van der Waals surface area contributed by atoms with Gasteiger partial charge in [0.1, 0.15) is 67.6 Å². The summed E-state index contributed by atoms with van der Waals surface area (Å²) in [7, 11) is 0. The molecule has 18 heteroatoms. The van der Waals surface area contributed by atoms with E-state index in [1.165, 1.54) is 26.0 Å². The first-order valence-electron chi connectivity index (χ1n) is 23.9. The summed E-state index contributed by atoms with van der Waals surface area (Å²) in [6.07, 6.45) is -10.6. The Morgan fingerprint density at radius 1 is 0.631 bits per heavy atom. The molecule has 5 aliphatic heterocycles. The Bertz CT molecular complexity index is 1830. The quantitative estimate of drug-likeness (QED) is 0.126. The van der Waals surface area contributed by atoms with Crippen molar-refractivity contribution in [1.82, 2.24) is 0 Å². The second kappa shape index (κ2) is 18.1. The van der Waals surface area contributed by atoms with E-state index in [1.54, 1.807) is 19.9 Å².